The van der Waals surface area contributed by atoms with Crippen molar-refractivity contribution in [3.63, 3.8) is 0 Å². The molecule has 2 aromatic carbocycles. The molecule has 0 bridgehead atoms. The summed E-state index contributed by atoms with van der Waals surface area (Å²) < 4.78 is 0. The van der Waals surface area contributed by atoms with Gasteiger partial charge in [0.2, 0.25) is 5.91 Å². The molecule has 0 saturated carbocycles. The van der Waals surface area contributed by atoms with Gasteiger partial charge in [0.25, 0.3) is 0 Å². The number of carbonyl (C=O) groups is 1. The molecule has 2 aliphatic heterocycles. The number of rotatable bonds is 1. The van der Waals surface area contributed by atoms with Gasteiger partial charge in [0.1, 0.15) is 12.1 Å². The van der Waals surface area contributed by atoms with Crippen molar-refractivity contribution in [2.75, 3.05) is 11.9 Å². The first-order valence-corrected chi connectivity index (χ1v) is 8.69. The average molecular weight is 334 g/mol. The Balaban J connectivity index is 1.94. The molecule has 0 N–H and O–H groups in total. The van der Waals surface area contributed by atoms with Crippen molar-refractivity contribution in [2.24, 2.45) is 16.3 Å². The molecule has 4 rings (SSSR count). The van der Waals surface area contributed by atoms with Gasteiger partial charge in [0.15, 0.2) is 0 Å². The van der Waals surface area contributed by atoms with Gasteiger partial charge in [-0.3, -0.25) is 9.80 Å². The number of para-hydroxylation sites is 1. The molecule has 2 atom stereocenters. The van der Waals surface area contributed by atoms with E-state index in [1.807, 2.05) is 61.1 Å². The monoisotopic (exact) mass is 334 g/mol. The van der Waals surface area contributed by atoms with E-state index < -0.39 is 0 Å². The highest BCUT2D eigenvalue weighted by Gasteiger charge is 2.39. The minimum atomic E-state index is -0.106. The van der Waals surface area contributed by atoms with Gasteiger partial charge in [0, 0.05) is 24.2 Å². The molecular formula is C20H22N4O. The smallest absolute Gasteiger partial charge is 0.229 e. The van der Waals surface area contributed by atoms with Gasteiger partial charge >= 0.3 is 0 Å². The third kappa shape index (κ3) is 2.51. The lowest BCUT2D eigenvalue weighted by Gasteiger charge is -2.34. The fourth-order valence-electron chi connectivity index (χ4n) is 3.78. The van der Waals surface area contributed by atoms with Gasteiger partial charge in [-0.25, -0.2) is 0 Å². The maximum absolute atomic E-state index is 13.0. The summed E-state index contributed by atoms with van der Waals surface area (Å²) in [6.07, 6.45) is 0. The normalized spacial score (nSPS) is 21.4. The van der Waals surface area contributed by atoms with Gasteiger partial charge in [-0.2, -0.15) is 5.11 Å². The summed E-state index contributed by atoms with van der Waals surface area (Å²) in [4.78, 5) is 14.9. The second-order valence-electron chi connectivity index (χ2n) is 7.00. The van der Waals surface area contributed by atoms with Crippen LogP contribution in [0.5, 0.6) is 0 Å². The highest BCUT2D eigenvalue weighted by molar-refractivity contribution is 5.95. The van der Waals surface area contributed by atoms with Crippen LogP contribution in [0.15, 0.2) is 58.9 Å². The summed E-state index contributed by atoms with van der Waals surface area (Å²) in [5.41, 5.74) is 4.35. The standard InChI is InChI=1S/C20H22N4O/c1-13(2)20(25)24-12-14-8-4-5-9-15(14)19-18(21-22-23(19)3)16-10-6-7-11-17(16)24/h4-11,13,18-19H,12H2,1-3H3. The lowest BCUT2D eigenvalue weighted by atomic mass is 9.87. The van der Waals surface area contributed by atoms with E-state index in [4.69, 9.17) is 0 Å². The zero-order valence-electron chi connectivity index (χ0n) is 14.8. The molecule has 0 aromatic heterocycles. The minimum absolute atomic E-state index is 0.0636. The van der Waals surface area contributed by atoms with Crippen LogP contribution >= 0.6 is 0 Å². The molecule has 5 nitrogen and oxygen atoms in total. The highest BCUT2D eigenvalue weighted by atomic mass is 16.2. The van der Waals surface area contributed by atoms with Crippen molar-refractivity contribution < 1.29 is 4.79 Å². The first-order chi connectivity index (χ1) is 12.1. The van der Waals surface area contributed by atoms with Crippen LogP contribution < -0.4 is 4.90 Å². The minimum Gasteiger partial charge on any atom is -0.307 e. The van der Waals surface area contributed by atoms with Crippen molar-refractivity contribution in [1.29, 1.82) is 0 Å². The number of anilines is 1. The van der Waals surface area contributed by atoms with Crippen LogP contribution in [0.1, 0.15) is 42.6 Å². The summed E-state index contributed by atoms with van der Waals surface area (Å²) in [5.74, 6) is 0.0623. The number of amides is 1. The molecule has 5 heteroatoms. The molecule has 1 amide bonds. The Morgan fingerprint density at radius 2 is 1.76 bits per heavy atom. The summed E-state index contributed by atoms with van der Waals surface area (Å²) in [6.45, 7) is 4.46. The third-order valence-corrected chi connectivity index (χ3v) is 5.03. The maximum Gasteiger partial charge on any atom is 0.229 e. The number of likely N-dealkylation sites (N-methyl/N-ethyl adjacent to an activating group) is 1. The largest absolute Gasteiger partial charge is 0.307 e. The number of fused-ring (bicyclic) bond motifs is 5. The summed E-state index contributed by atoms with van der Waals surface area (Å²) in [5, 5.41) is 10.8. The molecule has 0 fully saturated rings. The molecule has 0 saturated heterocycles. The van der Waals surface area contributed by atoms with Crippen molar-refractivity contribution in [2.45, 2.75) is 32.5 Å². The van der Waals surface area contributed by atoms with Crippen LogP contribution in [0.4, 0.5) is 5.69 Å². The van der Waals surface area contributed by atoms with E-state index in [-0.39, 0.29) is 23.9 Å². The van der Waals surface area contributed by atoms with Crippen LogP contribution in [0.3, 0.4) is 0 Å². The third-order valence-electron chi connectivity index (χ3n) is 5.03. The quantitative estimate of drug-likeness (QED) is 0.781. The lowest BCUT2D eigenvalue weighted by molar-refractivity contribution is -0.121. The van der Waals surface area contributed by atoms with Crippen molar-refractivity contribution in [3.05, 3.63) is 65.2 Å². The van der Waals surface area contributed by atoms with Crippen molar-refractivity contribution in [1.82, 2.24) is 5.01 Å². The Labute approximate surface area is 147 Å². The number of hydrogen-bond acceptors (Lipinski definition) is 4. The van der Waals surface area contributed by atoms with Crippen LogP contribution in [0.2, 0.25) is 0 Å². The average Bonchev–Trinajstić information content (AvgIpc) is 2.99. The van der Waals surface area contributed by atoms with E-state index in [0.717, 1.165) is 16.8 Å². The molecule has 2 heterocycles. The summed E-state index contributed by atoms with van der Waals surface area (Å²) in [6, 6.07) is 16.4. The number of nitrogens with zero attached hydrogens (tertiary/aromatic N) is 4. The van der Waals surface area contributed by atoms with Crippen molar-refractivity contribution >= 4 is 11.6 Å². The Morgan fingerprint density at radius 1 is 1.08 bits per heavy atom. The number of hydrogen-bond donors (Lipinski definition) is 0. The van der Waals surface area contributed by atoms with Gasteiger partial charge in [-0.05, 0) is 17.2 Å². The second-order valence-corrected chi connectivity index (χ2v) is 7.00. The second kappa shape index (κ2) is 5.99. The van der Waals surface area contributed by atoms with Crippen molar-refractivity contribution in [3.8, 4) is 0 Å². The number of carbonyl (C=O) groups excluding carboxylic acids is 1. The van der Waals surface area contributed by atoms with E-state index in [1.54, 1.807) is 0 Å². The maximum atomic E-state index is 13.0. The van der Waals surface area contributed by atoms with Gasteiger partial charge in [-0.15, -0.1) is 0 Å². The molecule has 0 spiro atoms. The molecule has 2 aliphatic rings. The first-order valence-electron chi connectivity index (χ1n) is 8.69. The van der Waals surface area contributed by atoms with E-state index in [1.165, 1.54) is 5.56 Å². The topological polar surface area (TPSA) is 48.3 Å². The first kappa shape index (κ1) is 15.8. The SMILES string of the molecule is CC(C)C(=O)N1Cc2ccccc2C2C(N=NN2C)c2ccccc21. The van der Waals surface area contributed by atoms with E-state index in [2.05, 4.69) is 28.5 Å². The van der Waals surface area contributed by atoms with E-state index in [0.29, 0.717) is 6.54 Å². The molecule has 25 heavy (non-hydrogen) atoms. The molecular weight excluding hydrogens is 312 g/mol. The van der Waals surface area contributed by atoms with Gasteiger partial charge < -0.3 is 4.90 Å². The molecule has 2 aromatic rings. The fourth-order valence-corrected chi connectivity index (χ4v) is 3.78. The predicted molar refractivity (Wildman–Crippen MR) is 97.0 cm³/mol. The van der Waals surface area contributed by atoms with Gasteiger partial charge in [-0.1, -0.05) is 61.5 Å². The van der Waals surface area contributed by atoms with E-state index in [9.17, 15) is 4.79 Å². The Morgan fingerprint density at radius 3 is 2.52 bits per heavy atom. The molecule has 128 valence electrons. The lowest BCUT2D eigenvalue weighted by Crippen LogP contribution is -2.37. The van der Waals surface area contributed by atoms with Crippen LogP contribution in [0.25, 0.3) is 0 Å². The Hall–Kier alpha value is -2.69. The predicted octanol–water partition coefficient (Wildman–Crippen LogP) is 4.28. The molecule has 2 unspecified atom stereocenters. The fraction of sp³-hybridized carbons (Fsp3) is 0.350. The Bertz CT molecular complexity index is 845. The van der Waals surface area contributed by atoms with Gasteiger partial charge in [0.05, 0.1) is 6.54 Å². The van der Waals surface area contributed by atoms with Crippen LogP contribution in [-0.2, 0) is 11.3 Å². The zero-order chi connectivity index (χ0) is 17.6. The molecule has 0 radical (unpaired) electrons. The number of benzene rings is 2. The Kier molecular flexibility index (Phi) is 3.79. The molecule has 0 aliphatic carbocycles. The van der Waals surface area contributed by atoms with Crippen LogP contribution in [-0.4, -0.2) is 18.0 Å². The summed E-state index contributed by atoms with van der Waals surface area (Å²) in [7, 11) is 1.96. The van der Waals surface area contributed by atoms with Crippen LogP contribution in [0, 0.1) is 5.92 Å². The highest BCUT2D eigenvalue weighted by Crippen LogP contribution is 2.47. The zero-order valence-corrected chi connectivity index (χ0v) is 14.8. The summed E-state index contributed by atoms with van der Waals surface area (Å²) >= 11 is 0. The van der Waals surface area contributed by atoms with E-state index >= 15 is 0 Å².